The minimum absolute atomic E-state index is 0.0239. The molecule has 0 aliphatic carbocycles. The summed E-state index contributed by atoms with van der Waals surface area (Å²) in [4.78, 5) is 11.8. The van der Waals surface area contributed by atoms with Crippen LogP contribution in [0.3, 0.4) is 0 Å². The van der Waals surface area contributed by atoms with Gasteiger partial charge >= 0.3 is 6.03 Å². The van der Waals surface area contributed by atoms with Crippen molar-refractivity contribution in [2.45, 2.75) is 18.9 Å². The zero-order valence-electron chi connectivity index (χ0n) is 11.4. The summed E-state index contributed by atoms with van der Waals surface area (Å²) in [5.41, 5.74) is 0.956. The van der Waals surface area contributed by atoms with Crippen LogP contribution in [0.15, 0.2) is 30.3 Å². The molecule has 1 aromatic carbocycles. The van der Waals surface area contributed by atoms with E-state index in [-0.39, 0.29) is 11.7 Å². The number of benzene rings is 1. The third-order valence-electron chi connectivity index (χ3n) is 2.73. The highest BCUT2D eigenvalue weighted by molar-refractivity contribution is 7.15. The fraction of sp³-hybridized carbons (Fsp3) is 0.308. The molecule has 0 aliphatic rings. The zero-order chi connectivity index (χ0) is 15.9. The topological polar surface area (TPSA) is 87.1 Å². The van der Waals surface area contributed by atoms with E-state index in [1.54, 1.807) is 0 Å². The summed E-state index contributed by atoms with van der Waals surface area (Å²) in [7, 11) is 0. The summed E-state index contributed by atoms with van der Waals surface area (Å²) in [5, 5.41) is 20.4. The summed E-state index contributed by atoms with van der Waals surface area (Å²) < 4.78 is 24.7. The van der Waals surface area contributed by atoms with Gasteiger partial charge in [-0.15, -0.1) is 10.2 Å². The van der Waals surface area contributed by atoms with Gasteiger partial charge in [-0.1, -0.05) is 41.7 Å². The number of nitrogens with one attached hydrogen (secondary N) is 2. The lowest BCUT2D eigenvalue weighted by Gasteiger charge is -2.16. The molecule has 0 saturated carbocycles. The van der Waals surface area contributed by atoms with Gasteiger partial charge in [0.2, 0.25) is 5.13 Å². The van der Waals surface area contributed by atoms with Crippen LogP contribution >= 0.6 is 11.3 Å². The van der Waals surface area contributed by atoms with E-state index in [1.165, 1.54) is 0 Å². The van der Waals surface area contributed by atoms with Crippen LogP contribution in [0.2, 0.25) is 0 Å². The predicted octanol–water partition coefficient (Wildman–Crippen LogP) is 2.20. The first kappa shape index (κ1) is 16.2. The lowest BCUT2D eigenvalue weighted by Crippen LogP contribution is -2.41. The Morgan fingerprint density at radius 3 is 2.59 bits per heavy atom. The summed E-state index contributed by atoms with van der Waals surface area (Å²) >= 11 is 0.601. The smallest absolute Gasteiger partial charge is 0.321 e. The SMILES string of the molecule is O=C(Nc1nnc(C(F)F)s1)N[C@H](CO)Cc1ccccc1. The Bertz CT molecular complexity index is 609. The third-order valence-corrected chi connectivity index (χ3v) is 3.57. The molecule has 2 rings (SSSR count). The normalized spacial score (nSPS) is 12.2. The van der Waals surface area contributed by atoms with E-state index in [0.29, 0.717) is 17.8 Å². The maximum atomic E-state index is 12.4. The highest BCUT2D eigenvalue weighted by Gasteiger charge is 2.17. The van der Waals surface area contributed by atoms with Gasteiger partial charge < -0.3 is 10.4 Å². The number of urea groups is 1. The number of amides is 2. The van der Waals surface area contributed by atoms with Crippen LogP contribution in [0, 0.1) is 0 Å². The molecule has 0 fully saturated rings. The van der Waals surface area contributed by atoms with Crippen LogP contribution in [0.1, 0.15) is 17.0 Å². The number of aromatic nitrogens is 2. The van der Waals surface area contributed by atoms with Gasteiger partial charge in [0.05, 0.1) is 12.6 Å². The standard InChI is InChI=1S/C13H14F2N4O2S/c14-10(15)11-18-19-13(22-11)17-12(21)16-9(7-20)6-8-4-2-1-3-5-8/h1-5,9-10,20H,6-7H2,(H2,16,17,19,21)/t9-/m0/s1. The van der Waals surface area contributed by atoms with Crippen LogP contribution in [-0.2, 0) is 6.42 Å². The summed E-state index contributed by atoms with van der Waals surface area (Å²) in [6, 6.07) is 8.21. The Morgan fingerprint density at radius 2 is 2.00 bits per heavy atom. The number of halogens is 2. The molecule has 6 nitrogen and oxygen atoms in total. The van der Waals surface area contributed by atoms with E-state index in [9.17, 15) is 18.7 Å². The molecule has 3 N–H and O–H groups in total. The van der Waals surface area contributed by atoms with E-state index in [0.717, 1.165) is 5.56 Å². The molecule has 0 aliphatic heterocycles. The second-order valence-electron chi connectivity index (χ2n) is 4.41. The number of carbonyl (C=O) groups is 1. The molecule has 1 atom stereocenters. The highest BCUT2D eigenvalue weighted by Crippen LogP contribution is 2.24. The minimum atomic E-state index is -2.72. The number of alkyl halides is 2. The molecular formula is C13H14F2N4O2S. The number of hydrogen-bond donors (Lipinski definition) is 3. The van der Waals surface area contributed by atoms with Crippen molar-refractivity contribution in [3.63, 3.8) is 0 Å². The number of aliphatic hydroxyl groups is 1. The highest BCUT2D eigenvalue weighted by atomic mass is 32.1. The van der Waals surface area contributed by atoms with Gasteiger partial charge in [0.1, 0.15) is 0 Å². The molecule has 2 aromatic rings. The monoisotopic (exact) mass is 328 g/mol. The van der Waals surface area contributed by atoms with Crippen LogP contribution < -0.4 is 10.6 Å². The van der Waals surface area contributed by atoms with Crippen molar-refractivity contribution in [1.82, 2.24) is 15.5 Å². The van der Waals surface area contributed by atoms with Crippen molar-refractivity contribution in [3.8, 4) is 0 Å². The summed E-state index contributed by atoms with van der Waals surface area (Å²) in [5.74, 6) is 0. The van der Waals surface area contributed by atoms with E-state index in [2.05, 4.69) is 20.8 Å². The van der Waals surface area contributed by atoms with Crippen LogP contribution in [0.4, 0.5) is 18.7 Å². The fourth-order valence-corrected chi connectivity index (χ4v) is 2.35. The van der Waals surface area contributed by atoms with Crippen molar-refractivity contribution < 1.29 is 18.7 Å². The van der Waals surface area contributed by atoms with Crippen molar-refractivity contribution >= 4 is 22.5 Å². The maximum Gasteiger partial charge on any atom is 0.321 e. The zero-order valence-corrected chi connectivity index (χ0v) is 12.2. The predicted molar refractivity (Wildman–Crippen MR) is 78.0 cm³/mol. The first-order valence-corrected chi connectivity index (χ1v) is 7.24. The van der Waals surface area contributed by atoms with E-state index in [1.807, 2.05) is 30.3 Å². The lowest BCUT2D eigenvalue weighted by atomic mass is 10.1. The van der Waals surface area contributed by atoms with Crippen molar-refractivity contribution in [1.29, 1.82) is 0 Å². The van der Waals surface area contributed by atoms with Gasteiger partial charge in [-0.05, 0) is 12.0 Å². The lowest BCUT2D eigenvalue weighted by molar-refractivity contribution is 0.150. The minimum Gasteiger partial charge on any atom is -0.394 e. The first-order valence-electron chi connectivity index (χ1n) is 6.42. The molecule has 0 saturated heterocycles. The maximum absolute atomic E-state index is 12.4. The average molecular weight is 328 g/mol. The number of carbonyl (C=O) groups excluding carboxylic acids is 1. The fourth-order valence-electron chi connectivity index (χ4n) is 1.75. The Kier molecular flexibility index (Phi) is 5.73. The van der Waals surface area contributed by atoms with Crippen molar-refractivity contribution in [3.05, 3.63) is 40.9 Å². The van der Waals surface area contributed by atoms with Gasteiger partial charge in [0, 0.05) is 0 Å². The van der Waals surface area contributed by atoms with Crippen LogP contribution in [-0.4, -0.2) is 34.0 Å². The largest absolute Gasteiger partial charge is 0.394 e. The van der Waals surface area contributed by atoms with Crippen LogP contribution in [0.5, 0.6) is 0 Å². The van der Waals surface area contributed by atoms with E-state index < -0.39 is 23.5 Å². The number of nitrogens with zero attached hydrogens (tertiary/aromatic N) is 2. The second kappa shape index (κ2) is 7.76. The second-order valence-corrected chi connectivity index (χ2v) is 5.42. The molecular weight excluding hydrogens is 314 g/mol. The van der Waals surface area contributed by atoms with Crippen molar-refractivity contribution in [2.24, 2.45) is 0 Å². The van der Waals surface area contributed by atoms with Gasteiger partial charge in [-0.25, -0.2) is 13.6 Å². The van der Waals surface area contributed by atoms with Gasteiger partial charge in [0.25, 0.3) is 6.43 Å². The van der Waals surface area contributed by atoms with E-state index in [4.69, 9.17) is 0 Å². The Hall–Kier alpha value is -2.13. The number of anilines is 1. The van der Waals surface area contributed by atoms with E-state index >= 15 is 0 Å². The molecule has 1 heterocycles. The molecule has 22 heavy (non-hydrogen) atoms. The Morgan fingerprint density at radius 1 is 1.27 bits per heavy atom. The first-order chi connectivity index (χ1) is 10.6. The molecule has 2 amide bonds. The summed E-state index contributed by atoms with van der Waals surface area (Å²) in [6.45, 7) is -0.249. The Labute approximate surface area is 129 Å². The Balaban J connectivity index is 1.88. The number of aliphatic hydroxyl groups excluding tert-OH is 1. The molecule has 118 valence electrons. The van der Waals surface area contributed by atoms with Gasteiger partial charge in [-0.3, -0.25) is 5.32 Å². The van der Waals surface area contributed by atoms with Crippen LogP contribution in [0.25, 0.3) is 0 Å². The third kappa shape index (κ3) is 4.71. The molecule has 0 unspecified atom stereocenters. The van der Waals surface area contributed by atoms with Gasteiger partial charge in [0.15, 0.2) is 5.01 Å². The average Bonchev–Trinajstić information content (AvgIpc) is 2.96. The summed E-state index contributed by atoms with van der Waals surface area (Å²) in [6.07, 6.45) is -2.28. The van der Waals surface area contributed by atoms with Gasteiger partial charge in [-0.2, -0.15) is 0 Å². The molecule has 0 radical (unpaired) electrons. The molecule has 0 spiro atoms. The van der Waals surface area contributed by atoms with Crippen molar-refractivity contribution in [2.75, 3.05) is 11.9 Å². The molecule has 0 bridgehead atoms. The molecule has 1 aromatic heterocycles. The quantitative estimate of drug-likeness (QED) is 0.759. The number of hydrogen-bond acceptors (Lipinski definition) is 5. The molecule has 9 heteroatoms. The number of rotatable bonds is 6.